The summed E-state index contributed by atoms with van der Waals surface area (Å²) in [7, 11) is 0. The molecule has 1 aromatic heterocycles. The van der Waals surface area contributed by atoms with Crippen molar-refractivity contribution in [1.29, 1.82) is 0 Å². The summed E-state index contributed by atoms with van der Waals surface area (Å²) in [4.78, 5) is 40.1. The first-order chi connectivity index (χ1) is 13.8. The van der Waals surface area contributed by atoms with Crippen LogP contribution in [0.2, 0.25) is 0 Å². The Bertz CT molecular complexity index is 1230. The fraction of sp³-hybridized carbons (Fsp3) is 0.240. The van der Waals surface area contributed by atoms with Crippen LogP contribution in [-0.4, -0.2) is 21.9 Å². The van der Waals surface area contributed by atoms with Gasteiger partial charge in [-0.2, -0.15) is 0 Å². The van der Waals surface area contributed by atoms with Gasteiger partial charge < -0.3 is 4.57 Å². The van der Waals surface area contributed by atoms with Crippen molar-refractivity contribution in [2.45, 2.75) is 33.6 Å². The highest BCUT2D eigenvalue weighted by Crippen LogP contribution is 2.43. The predicted octanol–water partition coefficient (Wildman–Crippen LogP) is 4.72. The van der Waals surface area contributed by atoms with Crippen molar-refractivity contribution in [3.63, 3.8) is 0 Å². The van der Waals surface area contributed by atoms with Crippen molar-refractivity contribution >= 4 is 17.3 Å². The number of hydrogen-bond donors (Lipinski definition) is 0. The second kappa shape index (κ2) is 5.86. The molecule has 0 N–H and O–H groups in total. The van der Waals surface area contributed by atoms with E-state index in [1.165, 1.54) is 0 Å². The number of hydrogen-bond acceptors (Lipinski definition) is 3. The number of rotatable bonds is 1. The number of nitrogens with zero attached hydrogens (tertiary/aromatic N) is 1. The molecule has 0 spiro atoms. The SMILES string of the molecule is Cc1ccc(-n2c3c(c4c2C(=O)c2ccccc2C4=O)C(=O)CC(C)(C)C3)cc1. The van der Waals surface area contributed by atoms with Crippen LogP contribution >= 0.6 is 0 Å². The average Bonchev–Trinajstić information content (AvgIpc) is 3.01. The van der Waals surface area contributed by atoms with Gasteiger partial charge in [0.1, 0.15) is 5.69 Å². The summed E-state index contributed by atoms with van der Waals surface area (Å²) in [6.45, 7) is 6.11. The van der Waals surface area contributed by atoms with Crippen LogP contribution in [0.25, 0.3) is 5.69 Å². The maximum atomic E-state index is 13.5. The fourth-order valence-corrected chi connectivity index (χ4v) is 4.68. The summed E-state index contributed by atoms with van der Waals surface area (Å²) in [5, 5.41) is 0. The first kappa shape index (κ1) is 17.8. The number of carbonyl (C=O) groups is 3. The molecule has 3 aromatic rings. The lowest BCUT2D eigenvalue weighted by Gasteiger charge is -2.30. The molecule has 1 heterocycles. The first-order valence-electron chi connectivity index (χ1n) is 9.85. The number of Topliss-reactive ketones (excluding diaryl/α,β-unsaturated/α-hetero) is 1. The predicted molar refractivity (Wildman–Crippen MR) is 110 cm³/mol. The molecule has 0 amide bonds. The van der Waals surface area contributed by atoms with Gasteiger partial charge in [0.25, 0.3) is 0 Å². The van der Waals surface area contributed by atoms with Gasteiger partial charge in [-0.1, -0.05) is 55.8 Å². The molecule has 4 heteroatoms. The van der Waals surface area contributed by atoms with Gasteiger partial charge in [0.15, 0.2) is 11.6 Å². The van der Waals surface area contributed by atoms with E-state index in [9.17, 15) is 14.4 Å². The number of fused-ring (bicyclic) bond motifs is 4. The minimum atomic E-state index is -0.231. The highest BCUT2D eigenvalue weighted by molar-refractivity contribution is 6.31. The molecule has 0 unspecified atom stereocenters. The van der Waals surface area contributed by atoms with E-state index in [0.717, 1.165) is 16.9 Å². The van der Waals surface area contributed by atoms with Crippen LogP contribution < -0.4 is 0 Å². The first-order valence-corrected chi connectivity index (χ1v) is 9.85. The maximum absolute atomic E-state index is 13.5. The monoisotopic (exact) mass is 383 g/mol. The average molecular weight is 383 g/mol. The molecule has 0 aliphatic heterocycles. The van der Waals surface area contributed by atoms with Crippen LogP contribution in [0.4, 0.5) is 0 Å². The molecule has 2 aliphatic carbocycles. The molecule has 0 radical (unpaired) electrons. The lowest BCUT2D eigenvalue weighted by atomic mass is 9.74. The number of benzene rings is 2. The minimum absolute atomic E-state index is 0.0566. The smallest absolute Gasteiger partial charge is 0.211 e. The summed E-state index contributed by atoms with van der Waals surface area (Å²) in [5.41, 5.74) is 4.28. The van der Waals surface area contributed by atoms with E-state index in [4.69, 9.17) is 0 Å². The van der Waals surface area contributed by atoms with E-state index in [1.807, 2.05) is 35.8 Å². The van der Waals surface area contributed by atoms with Crippen LogP contribution in [0, 0.1) is 12.3 Å². The third-order valence-corrected chi connectivity index (χ3v) is 5.98. The zero-order valence-corrected chi connectivity index (χ0v) is 16.7. The molecular formula is C25H21NO3. The molecule has 144 valence electrons. The van der Waals surface area contributed by atoms with Gasteiger partial charge in [0.05, 0.1) is 11.1 Å². The van der Waals surface area contributed by atoms with Gasteiger partial charge in [-0.3, -0.25) is 14.4 Å². The molecule has 0 atom stereocenters. The second-order valence-corrected chi connectivity index (χ2v) is 8.86. The summed E-state index contributed by atoms with van der Waals surface area (Å²) in [6.07, 6.45) is 0.999. The lowest BCUT2D eigenvalue weighted by molar-refractivity contribution is 0.0902. The van der Waals surface area contributed by atoms with Crippen molar-refractivity contribution in [2.24, 2.45) is 5.41 Å². The van der Waals surface area contributed by atoms with E-state index < -0.39 is 0 Å². The van der Waals surface area contributed by atoms with Crippen LogP contribution in [0.5, 0.6) is 0 Å². The Balaban J connectivity index is 1.89. The van der Waals surface area contributed by atoms with E-state index in [0.29, 0.717) is 35.2 Å². The van der Waals surface area contributed by atoms with E-state index in [2.05, 4.69) is 13.8 Å². The lowest BCUT2D eigenvalue weighted by Crippen LogP contribution is -2.28. The molecule has 4 nitrogen and oxygen atoms in total. The highest BCUT2D eigenvalue weighted by atomic mass is 16.1. The topological polar surface area (TPSA) is 56.1 Å². The van der Waals surface area contributed by atoms with Crippen LogP contribution in [0.15, 0.2) is 48.5 Å². The van der Waals surface area contributed by atoms with Gasteiger partial charge in [0, 0.05) is 28.9 Å². The molecule has 2 aliphatic rings. The van der Waals surface area contributed by atoms with Gasteiger partial charge in [-0.05, 0) is 30.9 Å². The van der Waals surface area contributed by atoms with Crippen molar-refractivity contribution in [1.82, 2.24) is 4.57 Å². The van der Waals surface area contributed by atoms with Gasteiger partial charge in [-0.25, -0.2) is 0 Å². The van der Waals surface area contributed by atoms with Crippen LogP contribution in [-0.2, 0) is 6.42 Å². The standard InChI is InChI=1S/C25H21NO3/c1-14-8-10-15(11-9-14)26-18-12-25(2,3)13-19(27)20(18)21-22(26)24(29)17-7-5-4-6-16(17)23(21)28/h4-11H,12-13H2,1-3H3. The summed E-state index contributed by atoms with van der Waals surface area (Å²) in [5.74, 6) is -0.486. The molecule has 0 saturated heterocycles. The number of carbonyl (C=O) groups excluding carboxylic acids is 3. The minimum Gasteiger partial charge on any atom is -0.309 e. The van der Waals surface area contributed by atoms with Gasteiger partial charge >= 0.3 is 0 Å². The normalized spacial score (nSPS) is 17.0. The number of aromatic nitrogens is 1. The van der Waals surface area contributed by atoms with Crippen molar-refractivity contribution in [3.05, 3.63) is 87.7 Å². The molecular weight excluding hydrogens is 362 g/mol. The Morgan fingerprint density at radius 1 is 0.793 bits per heavy atom. The largest absolute Gasteiger partial charge is 0.309 e. The third kappa shape index (κ3) is 2.48. The van der Waals surface area contributed by atoms with E-state index in [-0.39, 0.29) is 28.3 Å². The molecule has 5 rings (SSSR count). The summed E-state index contributed by atoms with van der Waals surface area (Å²) >= 11 is 0. The Hall–Kier alpha value is -3.27. The molecule has 2 aromatic carbocycles. The molecule has 0 bridgehead atoms. The zero-order valence-electron chi connectivity index (χ0n) is 16.7. The van der Waals surface area contributed by atoms with E-state index in [1.54, 1.807) is 24.3 Å². The fourth-order valence-electron chi connectivity index (χ4n) is 4.68. The number of ketones is 3. The molecule has 0 fully saturated rings. The van der Waals surface area contributed by atoms with Crippen molar-refractivity contribution in [3.8, 4) is 5.69 Å². The van der Waals surface area contributed by atoms with Crippen molar-refractivity contribution < 1.29 is 14.4 Å². The Morgan fingerprint density at radius 2 is 1.41 bits per heavy atom. The zero-order chi connectivity index (χ0) is 20.5. The second-order valence-electron chi connectivity index (χ2n) is 8.86. The van der Waals surface area contributed by atoms with Crippen LogP contribution in [0.1, 0.15) is 73.9 Å². The third-order valence-electron chi connectivity index (χ3n) is 5.98. The van der Waals surface area contributed by atoms with Gasteiger partial charge in [0.2, 0.25) is 5.78 Å². The highest BCUT2D eigenvalue weighted by Gasteiger charge is 2.44. The summed E-state index contributed by atoms with van der Waals surface area (Å²) < 4.78 is 1.86. The maximum Gasteiger partial charge on any atom is 0.211 e. The molecule has 29 heavy (non-hydrogen) atoms. The quantitative estimate of drug-likeness (QED) is 0.478. The Labute approximate surface area is 169 Å². The Morgan fingerprint density at radius 3 is 2.07 bits per heavy atom. The summed E-state index contributed by atoms with van der Waals surface area (Å²) in [6, 6.07) is 14.7. The Kier molecular flexibility index (Phi) is 3.60. The molecule has 0 saturated carbocycles. The van der Waals surface area contributed by atoms with Crippen molar-refractivity contribution in [2.75, 3.05) is 0 Å². The van der Waals surface area contributed by atoms with E-state index >= 15 is 0 Å². The van der Waals surface area contributed by atoms with Crippen LogP contribution in [0.3, 0.4) is 0 Å². The number of aryl methyl sites for hydroxylation is 1. The van der Waals surface area contributed by atoms with Gasteiger partial charge in [-0.15, -0.1) is 0 Å².